The summed E-state index contributed by atoms with van der Waals surface area (Å²) in [5.41, 5.74) is 0.724. The fraction of sp³-hybridized carbons (Fsp3) is 0.571. The number of nitro benzene ring substituents is 1. The number of hydrogen-bond donors (Lipinski definition) is 1. The van der Waals surface area contributed by atoms with E-state index in [4.69, 9.17) is 4.74 Å². The molecule has 1 aromatic rings. The topological polar surface area (TPSA) is 64.4 Å². The van der Waals surface area contributed by atoms with E-state index in [1.165, 1.54) is 12.5 Å². The highest BCUT2D eigenvalue weighted by Crippen LogP contribution is 2.30. The number of benzene rings is 1. The maximum atomic E-state index is 10.9. The lowest BCUT2D eigenvalue weighted by Crippen LogP contribution is -2.43. The second kappa shape index (κ2) is 6.02. The van der Waals surface area contributed by atoms with Crippen molar-refractivity contribution in [2.45, 2.75) is 44.8 Å². The van der Waals surface area contributed by atoms with Gasteiger partial charge in [0.2, 0.25) is 0 Å². The van der Waals surface area contributed by atoms with E-state index in [2.05, 4.69) is 5.32 Å². The van der Waals surface area contributed by atoms with Crippen molar-refractivity contribution in [3.05, 3.63) is 33.9 Å². The summed E-state index contributed by atoms with van der Waals surface area (Å²) in [6.45, 7) is 1.74. The second-order valence-electron chi connectivity index (χ2n) is 4.99. The van der Waals surface area contributed by atoms with Gasteiger partial charge in [-0.3, -0.25) is 10.1 Å². The molecule has 0 heterocycles. The van der Waals surface area contributed by atoms with Crippen LogP contribution in [0.25, 0.3) is 0 Å². The van der Waals surface area contributed by atoms with E-state index in [1.807, 2.05) is 13.1 Å². The third-order valence-corrected chi connectivity index (χ3v) is 3.80. The zero-order valence-electron chi connectivity index (χ0n) is 11.4. The molecule has 5 heteroatoms. The van der Waals surface area contributed by atoms with Crippen molar-refractivity contribution in [3.8, 4) is 5.75 Å². The summed E-state index contributed by atoms with van der Waals surface area (Å²) in [6, 6.07) is 5.33. The second-order valence-corrected chi connectivity index (χ2v) is 4.99. The average molecular weight is 264 g/mol. The molecule has 0 radical (unpaired) electrons. The van der Waals surface area contributed by atoms with Gasteiger partial charge in [0, 0.05) is 12.1 Å². The summed E-state index contributed by atoms with van der Waals surface area (Å²) in [5, 5.41) is 14.2. The molecule has 1 aliphatic rings. The number of nitro groups is 1. The Morgan fingerprint density at radius 3 is 2.79 bits per heavy atom. The Balaban J connectivity index is 2.18. The van der Waals surface area contributed by atoms with E-state index in [9.17, 15) is 10.1 Å². The fourth-order valence-electron chi connectivity index (χ4n) is 2.66. The first-order chi connectivity index (χ1) is 9.13. The molecule has 2 atom stereocenters. The summed E-state index contributed by atoms with van der Waals surface area (Å²) in [4.78, 5) is 10.6. The lowest BCUT2D eigenvalue weighted by molar-refractivity contribution is -0.385. The third kappa shape index (κ3) is 3.04. The van der Waals surface area contributed by atoms with Crippen LogP contribution in [0.1, 0.15) is 31.2 Å². The Labute approximate surface area is 113 Å². The van der Waals surface area contributed by atoms with E-state index in [0.29, 0.717) is 17.4 Å². The maximum absolute atomic E-state index is 10.9. The van der Waals surface area contributed by atoms with Crippen LogP contribution in [0.4, 0.5) is 5.69 Å². The minimum Gasteiger partial charge on any atom is -0.488 e. The summed E-state index contributed by atoms with van der Waals surface area (Å²) in [5.74, 6) is 0.626. The summed E-state index contributed by atoms with van der Waals surface area (Å²) in [6.07, 6.45) is 4.54. The normalized spacial score (nSPS) is 23.1. The van der Waals surface area contributed by atoms with Crippen molar-refractivity contribution in [1.82, 2.24) is 5.32 Å². The SMILES string of the molecule is CNC1CCCCC1Oc1cccc([N+](=O)[O-])c1C. The molecule has 0 bridgehead atoms. The molecular formula is C14H20N2O3. The largest absolute Gasteiger partial charge is 0.488 e. The summed E-state index contributed by atoms with van der Waals surface area (Å²) >= 11 is 0. The first-order valence-electron chi connectivity index (χ1n) is 6.71. The van der Waals surface area contributed by atoms with Crippen molar-refractivity contribution >= 4 is 5.69 Å². The highest BCUT2D eigenvalue weighted by Gasteiger charge is 2.26. The van der Waals surface area contributed by atoms with E-state index in [0.717, 1.165) is 19.3 Å². The number of ether oxygens (including phenoxy) is 1. The summed E-state index contributed by atoms with van der Waals surface area (Å²) < 4.78 is 6.01. The van der Waals surface area contributed by atoms with E-state index >= 15 is 0 Å². The molecule has 1 fully saturated rings. The zero-order chi connectivity index (χ0) is 13.8. The monoisotopic (exact) mass is 264 g/mol. The predicted octanol–water partition coefficient (Wildman–Crippen LogP) is 2.81. The summed E-state index contributed by atoms with van der Waals surface area (Å²) in [7, 11) is 1.94. The average Bonchev–Trinajstić information content (AvgIpc) is 2.41. The van der Waals surface area contributed by atoms with Gasteiger partial charge in [-0.2, -0.15) is 0 Å². The third-order valence-electron chi connectivity index (χ3n) is 3.80. The number of hydrogen-bond acceptors (Lipinski definition) is 4. The molecule has 19 heavy (non-hydrogen) atoms. The fourth-order valence-corrected chi connectivity index (χ4v) is 2.66. The Bertz CT molecular complexity index is 462. The van der Waals surface area contributed by atoms with E-state index in [1.54, 1.807) is 13.0 Å². The van der Waals surface area contributed by atoms with Crippen molar-refractivity contribution in [2.75, 3.05) is 7.05 Å². The molecule has 2 unspecified atom stereocenters. The zero-order valence-corrected chi connectivity index (χ0v) is 11.4. The van der Waals surface area contributed by atoms with Gasteiger partial charge in [-0.25, -0.2) is 0 Å². The predicted molar refractivity (Wildman–Crippen MR) is 73.6 cm³/mol. The van der Waals surface area contributed by atoms with Gasteiger partial charge in [-0.05, 0) is 39.3 Å². The van der Waals surface area contributed by atoms with Crippen LogP contribution in [0, 0.1) is 17.0 Å². The number of nitrogens with zero attached hydrogens (tertiary/aromatic N) is 1. The van der Waals surface area contributed by atoms with Crippen LogP contribution >= 0.6 is 0 Å². The standard InChI is InChI=1S/C14H20N2O3/c1-10-12(16(17)18)7-5-9-13(10)19-14-8-4-3-6-11(14)15-2/h5,7,9,11,14-15H,3-4,6,8H2,1-2H3. The van der Waals surface area contributed by atoms with Crippen LogP contribution in [-0.4, -0.2) is 24.1 Å². The van der Waals surface area contributed by atoms with Crippen LogP contribution < -0.4 is 10.1 Å². The minimum atomic E-state index is -0.362. The molecular weight excluding hydrogens is 244 g/mol. The highest BCUT2D eigenvalue weighted by atomic mass is 16.6. The first kappa shape index (κ1) is 13.8. The Kier molecular flexibility index (Phi) is 4.37. The van der Waals surface area contributed by atoms with Crippen molar-refractivity contribution in [3.63, 3.8) is 0 Å². The Morgan fingerprint density at radius 1 is 1.37 bits per heavy atom. The van der Waals surface area contributed by atoms with Crippen molar-refractivity contribution in [1.29, 1.82) is 0 Å². The Hall–Kier alpha value is -1.62. The van der Waals surface area contributed by atoms with Gasteiger partial charge >= 0.3 is 0 Å². The van der Waals surface area contributed by atoms with E-state index in [-0.39, 0.29) is 16.7 Å². The number of rotatable bonds is 4. The van der Waals surface area contributed by atoms with Gasteiger partial charge in [0.25, 0.3) is 5.69 Å². The molecule has 1 aromatic carbocycles. The molecule has 0 amide bonds. The molecule has 1 saturated carbocycles. The van der Waals surface area contributed by atoms with Crippen LogP contribution in [-0.2, 0) is 0 Å². The molecule has 0 saturated heterocycles. The number of nitrogens with one attached hydrogen (secondary N) is 1. The van der Waals surface area contributed by atoms with Crippen molar-refractivity contribution in [2.24, 2.45) is 0 Å². The van der Waals surface area contributed by atoms with Crippen molar-refractivity contribution < 1.29 is 9.66 Å². The molecule has 5 nitrogen and oxygen atoms in total. The molecule has 104 valence electrons. The lowest BCUT2D eigenvalue weighted by Gasteiger charge is -2.32. The highest BCUT2D eigenvalue weighted by molar-refractivity contribution is 5.48. The van der Waals surface area contributed by atoms with Crippen LogP contribution in [0.3, 0.4) is 0 Å². The number of likely N-dealkylation sites (N-methyl/N-ethyl adjacent to an activating group) is 1. The Morgan fingerprint density at radius 2 is 2.11 bits per heavy atom. The van der Waals surface area contributed by atoms with Gasteiger partial charge in [0.1, 0.15) is 11.9 Å². The molecule has 2 rings (SSSR count). The minimum absolute atomic E-state index is 0.0967. The lowest BCUT2D eigenvalue weighted by atomic mass is 9.92. The molecule has 0 aliphatic heterocycles. The van der Waals surface area contributed by atoms with Crippen LogP contribution in [0.15, 0.2) is 18.2 Å². The molecule has 0 spiro atoms. The molecule has 0 aromatic heterocycles. The van der Waals surface area contributed by atoms with Gasteiger partial charge in [0.05, 0.1) is 10.5 Å². The van der Waals surface area contributed by atoms with Gasteiger partial charge in [-0.15, -0.1) is 0 Å². The molecule has 1 N–H and O–H groups in total. The van der Waals surface area contributed by atoms with Gasteiger partial charge in [-0.1, -0.05) is 12.5 Å². The quantitative estimate of drug-likeness (QED) is 0.671. The smallest absolute Gasteiger partial charge is 0.276 e. The first-order valence-corrected chi connectivity index (χ1v) is 6.71. The van der Waals surface area contributed by atoms with Crippen LogP contribution in [0.2, 0.25) is 0 Å². The van der Waals surface area contributed by atoms with Gasteiger partial charge in [0.15, 0.2) is 0 Å². The molecule has 1 aliphatic carbocycles. The van der Waals surface area contributed by atoms with E-state index < -0.39 is 0 Å². The van der Waals surface area contributed by atoms with Crippen LogP contribution in [0.5, 0.6) is 5.75 Å². The van der Waals surface area contributed by atoms with Gasteiger partial charge < -0.3 is 10.1 Å². The maximum Gasteiger partial charge on any atom is 0.276 e.